The summed E-state index contributed by atoms with van der Waals surface area (Å²) in [5.74, 6) is -2.22. The average Bonchev–Trinajstić information content (AvgIpc) is 2.18. The van der Waals surface area contributed by atoms with Crippen LogP contribution >= 0.6 is 0 Å². The molecule has 0 spiro atoms. The number of hydrogen-bond acceptors (Lipinski definition) is 2. The monoisotopic (exact) mass is 220 g/mol. The maximum atomic E-state index is 10.6. The van der Waals surface area contributed by atoms with Gasteiger partial charge in [-0.3, -0.25) is 0 Å². The van der Waals surface area contributed by atoms with Crippen LogP contribution in [0.1, 0.15) is 26.3 Å². The zero-order valence-corrected chi connectivity index (χ0v) is 8.86. The lowest BCUT2D eigenvalue weighted by atomic mass is 10.0. The third-order valence-electron chi connectivity index (χ3n) is 1.79. The largest absolute Gasteiger partial charge is 0.478 e. The van der Waals surface area contributed by atoms with E-state index in [4.69, 9.17) is 10.2 Å². The molecule has 0 unspecified atom stereocenters. The van der Waals surface area contributed by atoms with Crippen LogP contribution in [-0.2, 0) is 0 Å². The van der Waals surface area contributed by atoms with Crippen LogP contribution in [0.3, 0.4) is 0 Å². The molecule has 0 fully saturated rings. The summed E-state index contributed by atoms with van der Waals surface area (Å²) in [5.41, 5.74) is 2.59. The molecule has 1 rings (SSSR count). The summed E-state index contributed by atoms with van der Waals surface area (Å²) in [6.07, 6.45) is 0. The molecule has 0 aromatic heterocycles. The second-order valence-electron chi connectivity index (χ2n) is 2.84. The van der Waals surface area contributed by atoms with Crippen molar-refractivity contribution in [1.29, 1.82) is 0 Å². The fourth-order valence-electron chi connectivity index (χ4n) is 1.10. The summed E-state index contributed by atoms with van der Waals surface area (Å²) < 4.78 is 0. The van der Waals surface area contributed by atoms with Crippen molar-refractivity contribution < 1.29 is 19.8 Å². The Kier molecular flexibility index (Phi) is 5.32. The summed E-state index contributed by atoms with van der Waals surface area (Å²) >= 11 is 0. The number of carboxylic acid groups (broad SMARTS) is 2. The Morgan fingerprint density at radius 1 is 1.12 bits per heavy atom. The Bertz CT molecular complexity index is 408. The molecule has 1 aromatic rings. The first-order chi connectivity index (χ1) is 7.45. The number of hydrogen-bond donors (Lipinski definition) is 2. The maximum Gasteiger partial charge on any atom is 0.335 e. The Morgan fingerprint density at radius 2 is 1.44 bits per heavy atom. The van der Waals surface area contributed by atoms with Gasteiger partial charge in [0, 0.05) is 0 Å². The van der Waals surface area contributed by atoms with Crippen LogP contribution in [0.4, 0.5) is 0 Å². The highest BCUT2D eigenvalue weighted by atomic mass is 16.4. The number of aromatic carboxylic acids is 2. The molecule has 84 valence electrons. The van der Waals surface area contributed by atoms with Gasteiger partial charge in [-0.05, 0) is 24.6 Å². The molecule has 0 atom stereocenters. The zero-order chi connectivity index (χ0) is 12.7. The molecular formula is C12H12O4. The maximum absolute atomic E-state index is 10.6. The summed E-state index contributed by atoms with van der Waals surface area (Å²) in [4.78, 5) is 21.2. The van der Waals surface area contributed by atoms with E-state index in [1.807, 2.05) is 0 Å². The van der Waals surface area contributed by atoms with Gasteiger partial charge in [0.1, 0.15) is 0 Å². The molecule has 2 N–H and O–H groups in total. The third kappa shape index (κ3) is 3.44. The van der Waals surface area contributed by atoms with Crippen LogP contribution in [0.25, 0.3) is 0 Å². The van der Waals surface area contributed by atoms with Crippen LogP contribution in [-0.4, -0.2) is 22.2 Å². The van der Waals surface area contributed by atoms with Gasteiger partial charge < -0.3 is 10.2 Å². The molecule has 1 aromatic carbocycles. The van der Waals surface area contributed by atoms with E-state index in [1.54, 1.807) is 0 Å². The Balaban J connectivity index is 0.000000673. The third-order valence-corrected chi connectivity index (χ3v) is 1.79. The van der Waals surface area contributed by atoms with E-state index in [0.717, 1.165) is 0 Å². The topological polar surface area (TPSA) is 74.6 Å². The normalized spacial score (nSPS) is 8.31. The van der Waals surface area contributed by atoms with E-state index in [-0.39, 0.29) is 16.7 Å². The van der Waals surface area contributed by atoms with Crippen LogP contribution in [0.2, 0.25) is 0 Å². The molecule has 16 heavy (non-hydrogen) atoms. The number of carboxylic acids is 2. The van der Waals surface area contributed by atoms with E-state index in [2.05, 4.69) is 18.9 Å². The van der Waals surface area contributed by atoms with Gasteiger partial charge in [-0.15, -0.1) is 5.73 Å². The number of benzene rings is 1. The van der Waals surface area contributed by atoms with Crippen molar-refractivity contribution in [3.63, 3.8) is 0 Å². The predicted molar refractivity (Wildman–Crippen MR) is 59.9 cm³/mol. The van der Waals surface area contributed by atoms with E-state index in [9.17, 15) is 9.59 Å². The molecule has 0 aliphatic carbocycles. The van der Waals surface area contributed by atoms with Crippen molar-refractivity contribution in [3.8, 4) is 0 Å². The predicted octanol–water partition coefficient (Wildman–Crippen LogP) is 2.35. The molecule has 0 saturated heterocycles. The van der Waals surface area contributed by atoms with Crippen LogP contribution in [0.5, 0.6) is 0 Å². The highest BCUT2D eigenvalue weighted by Crippen LogP contribution is 2.13. The van der Waals surface area contributed by atoms with E-state index in [0.29, 0.717) is 0 Å². The smallest absolute Gasteiger partial charge is 0.335 e. The lowest BCUT2D eigenvalue weighted by molar-refractivity contribution is 0.0696. The van der Waals surface area contributed by atoms with Gasteiger partial charge in [-0.25, -0.2) is 9.59 Å². The molecule has 0 radical (unpaired) electrons. The van der Waals surface area contributed by atoms with Crippen LogP contribution in [0.15, 0.2) is 37.1 Å². The average molecular weight is 220 g/mol. The first-order valence-electron chi connectivity index (χ1n) is 4.31. The van der Waals surface area contributed by atoms with E-state index < -0.39 is 11.9 Å². The minimum Gasteiger partial charge on any atom is -0.478 e. The lowest BCUT2D eigenvalue weighted by Gasteiger charge is -2.03. The summed E-state index contributed by atoms with van der Waals surface area (Å²) in [7, 11) is 0. The molecule has 0 bridgehead atoms. The molecule has 0 amide bonds. The zero-order valence-electron chi connectivity index (χ0n) is 8.86. The van der Waals surface area contributed by atoms with Crippen molar-refractivity contribution in [1.82, 2.24) is 0 Å². The van der Waals surface area contributed by atoms with Gasteiger partial charge in [0.05, 0.1) is 11.1 Å². The SMILES string of the molecule is C=C=C.Cc1c(C(=O)O)cccc1C(=O)O. The molecule has 0 aliphatic rings. The quantitative estimate of drug-likeness (QED) is 0.750. The Morgan fingerprint density at radius 3 is 1.69 bits per heavy atom. The highest BCUT2D eigenvalue weighted by molar-refractivity contribution is 5.96. The minimum atomic E-state index is -1.11. The van der Waals surface area contributed by atoms with Crippen LogP contribution in [0, 0.1) is 6.92 Å². The van der Waals surface area contributed by atoms with Gasteiger partial charge >= 0.3 is 11.9 Å². The van der Waals surface area contributed by atoms with Gasteiger partial charge in [0.25, 0.3) is 0 Å². The van der Waals surface area contributed by atoms with Crippen molar-refractivity contribution in [2.45, 2.75) is 6.92 Å². The fraction of sp³-hybridized carbons (Fsp3) is 0.0833. The summed E-state index contributed by atoms with van der Waals surface area (Å²) in [5, 5.41) is 17.4. The second-order valence-corrected chi connectivity index (χ2v) is 2.84. The fourth-order valence-corrected chi connectivity index (χ4v) is 1.10. The Hall–Kier alpha value is -2.32. The first-order valence-corrected chi connectivity index (χ1v) is 4.31. The standard InChI is InChI=1S/C9H8O4.C3H4/c1-5-6(8(10)11)3-2-4-7(5)9(12)13;1-3-2/h2-4H,1H3,(H,10,11)(H,12,13);1-2H2. The van der Waals surface area contributed by atoms with Crippen molar-refractivity contribution in [2.75, 3.05) is 0 Å². The van der Waals surface area contributed by atoms with Crippen molar-refractivity contribution >= 4 is 11.9 Å². The minimum absolute atomic E-state index is 0.0277. The van der Waals surface area contributed by atoms with Gasteiger partial charge in [-0.2, -0.15) is 0 Å². The lowest BCUT2D eigenvalue weighted by Crippen LogP contribution is -2.06. The number of carbonyl (C=O) groups is 2. The molecule has 4 heteroatoms. The van der Waals surface area contributed by atoms with Crippen molar-refractivity contribution in [2.24, 2.45) is 0 Å². The molecule has 0 heterocycles. The highest BCUT2D eigenvalue weighted by Gasteiger charge is 2.13. The molecular weight excluding hydrogens is 208 g/mol. The summed E-state index contributed by atoms with van der Waals surface area (Å²) in [6, 6.07) is 4.17. The second kappa shape index (κ2) is 6.22. The van der Waals surface area contributed by atoms with Gasteiger partial charge in [0.15, 0.2) is 0 Å². The van der Waals surface area contributed by atoms with Crippen molar-refractivity contribution in [3.05, 3.63) is 53.8 Å². The van der Waals surface area contributed by atoms with Crippen LogP contribution < -0.4 is 0 Å². The number of rotatable bonds is 2. The summed E-state index contributed by atoms with van der Waals surface area (Å²) in [6.45, 7) is 7.73. The molecule has 0 aliphatic heterocycles. The molecule has 4 nitrogen and oxygen atoms in total. The molecule has 0 saturated carbocycles. The van der Waals surface area contributed by atoms with Gasteiger partial charge in [0.2, 0.25) is 0 Å². The van der Waals surface area contributed by atoms with E-state index >= 15 is 0 Å². The van der Waals surface area contributed by atoms with Gasteiger partial charge in [-0.1, -0.05) is 19.2 Å². The Labute approximate surface area is 93.2 Å². The van der Waals surface area contributed by atoms with E-state index in [1.165, 1.54) is 25.1 Å². The first kappa shape index (κ1) is 13.7.